The molecule has 3 aromatic carbocycles. The van der Waals surface area contributed by atoms with Crippen molar-refractivity contribution in [3.63, 3.8) is 0 Å². The van der Waals surface area contributed by atoms with Crippen LogP contribution in [0.3, 0.4) is 0 Å². The van der Waals surface area contributed by atoms with Crippen molar-refractivity contribution >= 4 is 11.6 Å². The number of benzene rings is 3. The van der Waals surface area contributed by atoms with E-state index >= 15 is 0 Å². The zero-order valence-electron chi connectivity index (χ0n) is 19.9. The van der Waals surface area contributed by atoms with E-state index in [2.05, 4.69) is 56.4 Å². The minimum Gasteiger partial charge on any atom is -0.491 e. The molecule has 0 aliphatic carbocycles. The summed E-state index contributed by atoms with van der Waals surface area (Å²) in [5, 5.41) is 3.57. The van der Waals surface area contributed by atoms with Gasteiger partial charge in [-0.25, -0.2) is 0 Å². The predicted octanol–water partition coefficient (Wildman–Crippen LogP) is 5.99. The maximum atomic E-state index is 13.8. The van der Waals surface area contributed by atoms with Crippen LogP contribution in [0.15, 0.2) is 72.8 Å². The second-order valence-electron chi connectivity index (χ2n) is 9.34. The van der Waals surface area contributed by atoms with Gasteiger partial charge in [0.05, 0.1) is 12.5 Å². The Morgan fingerprint density at radius 3 is 2.48 bits per heavy atom. The van der Waals surface area contributed by atoms with Crippen LogP contribution in [0, 0.1) is 12.8 Å². The normalized spacial score (nSPS) is 16.1. The van der Waals surface area contributed by atoms with Gasteiger partial charge in [0.2, 0.25) is 5.91 Å². The van der Waals surface area contributed by atoms with Crippen molar-refractivity contribution in [2.45, 2.75) is 52.7 Å². The molecule has 0 saturated carbocycles. The van der Waals surface area contributed by atoms with Crippen molar-refractivity contribution in [2.24, 2.45) is 5.92 Å². The Hall–Kier alpha value is -3.27. The van der Waals surface area contributed by atoms with Crippen molar-refractivity contribution in [3.8, 4) is 5.75 Å². The SMILES string of the molecule is Cc1ccccc1CC(=O)N1Cc2ccccc2NCc2ccccc2OC[C@@H]1CC(C)C. The fourth-order valence-corrected chi connectivity index (χ4v) is 4.50. The average molecular weight is 443 g/mol. The van der Waals surface area contributed by atoms with Gasteiger partial charge < -0.3 is 15.0 Å². The summed E-state index contributed by atoms with van der Waals surface area (Å²) >= 11 is 0. The number of ether oxygens (including phenoxy) is 1. The molecule has 1 atom stereocenters. The zero-order chi connectivity index (χ0) is 23.2. The third-order valence-corrected chi connectivity index (χ3v) is 6.34. The first-order valence-electron chi connectivity index (χ1n) is 11.9. The summed E-state index contributed by atoms with van der Waals surface area (Å²) in [5.74, 6) is 1.46. The molecule has 0 aromatic heterocycles. The summed E-state index contributed by atoms with van der Waals surface area (Å²) in [4.78, 5) is 15.8. The zero-order valence-corrected chi connectivity index (χ0v) is 19.9. The maximum Gasteiger partial charge on any atom is 0.227 e. The maximum absolute atomic E-state index is 13.8. The second-order valence-corrected chi connectivity index (χ2v) is 9.34. The number of para-hydroxylation sites is 2. The quantitative estimate of drug-likeness (QED) is 0.540. The Balaban J connectivity index is 1.72. The molecule has 1 aliphatic rings. The number of carbonyl (C=O) groups is 1. The highest BCUT2D eigenvalue weighted by molar-refractivity contribution is 5.79. The second kappa shape index (κ2) is 10.6. The molecule has 1 heterocycles. The van der Waals surface area contributed by atoms with Crippen LogP contribution in [0.5, 0.6) is 5.75 Å². The van der Waals surface area contributed by atoms with Crippen LogP contribution in [-0.2, 0) is 24.3 Å². The minimum atomic E-state index is -0.0132. The fraction of sp³-hybridized carbons (Fsp3) is 0.345. The molecule has 0 saturated heterocycles. The number of anilines is 1. The third kappa shape index (κ3) is 5.75. The molecule has 4 nitrogen and oxygen atoms in total. The Morgan fingerprint density at radius 2 is 1.70 bits per heavy atom. The lowest BCUT2D eigenvalue weighted by Gasteiger charge is -2.33. The van der Waals surface area contributed by atoms with E-state index in [9.17, 15) is 4.79 Å². The molecule has 33 heavy (non-hydrogen) atoms. The Labute approximate surface area is 197 Å². The van der Waals surface area contributed by atoms with Gasteiger partial charge in [0.15, 0.2) is 0 Å². The Kier molecular flexibility index (Phi) is 7.33. The van der Waals surface area contributed by atoms with E-state index in [1.165, 1.54) is 0 Å². The van der Waals surface area contributed by atoms with Crippen molar-refractivity contribution in [1.29, 1.82) is 0 Å². The van der Waals surface area contributed by atoms with E-state index in [-0.39, 0.29) is 11.9 Å². The smallest absolute Gasteiger partial charge is 0.227 e. The first kappa shape index (κ1) is 22.9. The number of aryl methyl sites for hydroxylation is 1. The van der Waals surface area contributed by atoms with Crippen LogP contribution >= 0.6 is 0 Å². The highest BCUT2D eigenvalue weighted by Gasteiger charge is 2.27. The molecule has 0 fully saturated rings. The van der Waals surface area contributed by atoms with Gasteiger partial charge in [-0.05, 0) is 48.1 Å². The van der Waals surface area contributed by atoms with E-state index in [0.717, 1.165) is 40.1 Å². The summed E-state index contributed by atoms with van der Waals surface area (Å²) in [6.45, 7) is 8.21. The molecule has 0 unspecified atom stereocenters. The summed E-state index contributed by atoms with van der Waals surface area (Å²) in [5.41, 5.74) is 5.54. The summed E-state index contributed by atoms with van der Waals surface area (Å²) in [6.07, 6.45) is 1.28. The molecule has 4 heteroatoms. The highest BCUT2D eigenvalue weighted by atomic mass is 16.5. The lowest BCUT2D eigenvalue weighted by atomic mass is 9.99. The van der Waals surface area contributed by atoms with E-state index in [4.69, 9.17) is 4.74 Å². The molecular weight excluding hydrogens is 408 g/mol. The van der Waals surface area contributed by atoms with Gasteiger partial charge in [-0.2, -0.15) is 0 Å². The summed E-state index contributed by atoms with van der Waals surface area (Å²) < 4.78 is 6.35. The monoisotopic (exact) mass is 442 g/mol. The van der Waals surface area contributed by atoms with E-state index < -0.39 is 0 Å². The number of amides is 1. The molecule has 0 radical (unpaired) electrons. The lowest BCUT2D eigenvalue weighted by molar-refractivity contribution is -0.134. The van der Waals surface area contributed by atoms with Gasteiger partial charge >= 0.3 is 0 Å². The van der Waals surface area contributed by atoms with Crippen LogP contribution < -0.4 is 10.1 Å². The van der Waals surface area contributed by atoms with E-state index in [0.29, 0.717) is 32.0 Å². The minimum absolute atomic E-state index is 0.0132. The topological polar surface area (TPSA) is 41.6 Å². The van der Waals surface area contributed by atoms with Crippen molar-refractivity contribution in [3.05, 3.63) is 95.1 Å². The molecule has 1 amide bonds. The first-order valence-corrected chi connectivity index (χ1v) is 11.9. The summed E-state index contributed by atoms with van der Waals surface area (Å²) in [7, 11) is 0. The largest absolute Gasteiger partial charge is 0.491 e. The highest BCUT2D eigenvalue weighted by Crippen LogP contribution is 2.27. The van der Waals surface area contributed by atoms with Crippen molar-refractivity contribution in [2.75, 3.05) is 11.9 Å². The molecular formula is C29H34N2O2. The summed E-state index contributed by atoms with van der Waals surface area (Å²) in [6, 6.07) is 24.6. The van der Waals surface area contributed by atoms with Crippen LogP contribution in [0.1, 0.15) is 42.5 Å². The molecule has 3 aromatic rings. The van der Waals surface area contributed by atoms with Gasteiger partial charge in [-0.3, -0.25) is 4.79 Å². The fourth-order valence-electron chi connectivity index (χ4n) is 4.50. The Bertz CT molecular complexity index is 1090. The van der Waals surface area contributed by atoms with Gasteiger partial charge in [0.25, 0.3) is 0 Å². The van der Waals surface area contributed by atoms with Crippen molar-refractivity contribution in [1.82, 2.24) is 4.90 Å². The van der Waals surface area contributed by atoms with Crippen LogP contribution in [-0.4, -0.2) is 23.5 Å². The molecule has 4 rings (SSSR count). The number of hydrogen-bond acceptors (Lipinski definition) is 3. The van der Waals surface area contributed by atoms with Crippen LogP contribution in [0.4, 0.5) is 5.69 Å². The molecule has 172 valence electrons. The van der Waals surface area contributed by atoms with Gasteiger partial charge in [0.1, 0.15) is 12.4 Å². The average Bonchev–Trinajstić information content (AvgIpc) is 2.83. The number of nitrogens with one attached hydrogen (secondary N) is 1. The van der Waals surface area contributed by atoms with Crippen molar-refractivity contribution < 1.29 is 9.53 Å². The van der Waals surface area contributed by atoms with E-state index in [1.807, 2.05) is 47.4 Å². The molecule has 0 spiro atoms. The van der Waals surface area contributed by atoms with Crippen LogP contribution in [0.2, 0.25) is 0 Å². The van der Waals surface area contributed by atoms with Crippen LogP contribution in [0.25, 0.3) is 0 Å². The lowest BCUT2D eigenvalue weighted by Crippen LogP contribution is -2.44. The first-order chi connectivity index (χ1) is 16.0. The van der Waals surface area contributed by atoms with Gasteiger partial charge in [0, 0.05) is 24.3 Å². The van der Waals surface area contributed by atoms with Gasteiger partial charge in [-0.15, -0.1) is 0 Å². The number of fused-ring (bicyclic) bond motifs is 2. The predicted molar refractivity (Wildman–Crippen MR) is 134 cm³/mol. The molecule has 1 N–H and O–H groups in total. The standard InChI is InChI=1S/C29H34N2O2/c1-21(2)16-26-20-33-28-15-9-7-12-24(28)18-30-27-14-8-6-13-25(27)19-31(26)29(32)17-23-11-5-4-10-22(23)3/h4-15,21,26,30H,16-20H2,1-3H3/t26-/m0/s1. The number of hydrogen-bond donors (Lipinski definition) is 1. The number of rotatable bonds is 4. The third-order valence-electron chi connectivity index (χ3n) is 6.34. The number of carbonyl (C=O) groups excluding carboxylic acids is 1. The molecule has 1 aliphatic heterocycles. The van der Waals surface area contributed by atoms with Gasteiger partial charge in [-0.1, -0.05) is 74.5 Å². The van der Waals surface area contributed by atoms with E-state index in [1.54, 1.807) is 0 Å². The Morgan fingerprint density at radius 1 is 1.00 bits per heavy atom. The molecule has 0 bridgehead atoms. The number of nitrogens with zero attached hydrogens (tertiary/aromatic N) is 1.